The molecule has 162 valence electrons. The van der Waals surface area contributed by atoms with Gasteiger partial charge in [0.15, 0.2) is 0 Å². The molecular formula is C25H26I2N2O2. The molecule has 0 unspecified atom stereocenters. The molecule has 0 amide bonds. The Balaban J connectivity index is 0.000000176. The van der Waals surface area contributed by atoms with Crippen molar-refractivity contribution in [2.45, 2.75) is 41.5 Å². The number of pyridine rings is 2. The summed E-state index contributed by atoms with van der Waals surface area (Å²) in [6.45, 7) is 12.1. The van der Waals surface area contributed by atoms with Crippen molar-refractivity contribution >= 4 is 67.0 Å². The molecule has 2 aromatic heterocycles. The monoisotopic (exact) mass is 640 g/mol. The van der Waals surface area contributed by atoms with Gasteiger partial charge >= 0.3 is 0 Å². The highest BCUT2D eigenvalue weighted by molar-refractivity contribution is 14.1. The van der Waals surface area contributed by atoms with Gasteiger partial charge in [-0.2, -0.15) is 0 Å². The summed E-state index contributed by atoms with van der Waals surface area (Å²) < 4.78 is 3.68. The first-order valence-electron chi connectivity index (χ1n) is 9.99. The second-order valence-electron chi connectivity index (χ2n) is 8.12. The minimum absolute atomic E-state index is 0.130. The molecule has 0 saturated heterocycles. The molecule has 31 heavy (non-hydrogen) atoms. The van der Waals surface area contributed by atoms with Crippen molar-refractivity contribution in [1.82, 2.24) is 9.55 Å². The van der Waals surface area contributed by atoms with Crippen LogP contribution in [0.5, 0.6) is 0 Å². The third kappa shape index (κ3) is 4.46. The second kappa shape index (κ2) is 9.05. The highest BCUT2D eigenvalue weighted by Crippen LogP contribution is 2.20. The summed E-state index contributed by atoms with van der Waals surface area (Å²) in [6, 6.07) is 8.09. The third-order valence-corrected chi connectivity index (χ3v) is 8.54. The number of benzene rings is 2. The molecule has 0 aliphatic heterocycles. The predicted octanol–water partition coefficient (Wildman–Crippen LogP) is 6.13. The Hall–Kier alpha value is -1.68. The number of aromatic amines is 1. The maximum atomic E-state index is 12.1. The van der Waals surface area contributed by atoms with Gasteiger partial charge in [0.05, 0.1) is 12.7 Å². The molecular weight excluding hydrogens is 614 g/mol. The van der Waals surface area contributed by atoms with E-state index in [1.807, 2.05) is 52.9 Å². The molecule has 0 saturated carbocycles. The molecule has 1 N–H and O–H groups in total. The largest absolute Gasteiger partial charge is 0.358 e. The topological polar surface area (TPSA) is 54.9 Å². The minimum atomic E-state index is 0.130. The number of rotatable bonds is 0. The van der Waals surface area contributed by atoms with Crippen molar-refractivity contribution < 1.29 is 0 Å². The maximum absolute atomic E-state index is 12.1. The molecule has 0 aliphatic carbocycles. The molecule has 6 heteroatoms. The van der Waals surface area contributed by atoms with Crippen LogP contribution in [-0.2, 0) is 7.05 Å². The van der Waals surface area contributed by atoms with E-state index >= 15 is 0 Å². The highest BCUT2D eigenvalue weighted by Gasteiger charge is 2.11. The summed E-state index contributed by atoms with van der Waals surface area (Å²) in [7, 11) is 2.01. The summed E-state index contributed by atoms with van der Waals surface area (Å²) in [5, 5.41) is 1.61. The molecule has 0 fully saturated rings. The number of halogens is 2. The molecule has 0 radical (unpaired) electrons. The van der Waals surface area contributed by atoms with Crippen molar-refractivity contribution in [2.24, 2.45) is 7.05 Å². The lowest BCUT2D eigenvalue weighted by Gasteiger charge is -2.13. The number of aryl methyl sites for hydroxylation is 6. The van der Waals surface area contributed by atoms with Crippen LogP contribution in [0.2, 0.25) is 0 Å². The van der Waals surface area contributed by atoms with E-state index in [0.29, 0.717) is 0 Å². The molecule has 2 aromatic carbocycles. The van der Waals surface area contributed by atoms with Gasteiger partial charge in [0.1, 0.15) is 0 Å². The van der Waals surface area contributed by atoms with Crippen molar-refractivity contribution in [1.29, 1.82) is 0 Å². The van der Waals surface area contributed by atoms with E-state index in [0.717, 1.165) is 45.9 Å². The Bertz CT molecular complexity index is 1460. The zero-order chi connectivity index (χ0) is 23.2. The maximum Gasteiger partial charge on any atom is 0.202 e. The van der Waals surface area contributed by atoms with E-state index in [9.17, 15) is 9.59 Å². The molecule has 4 aromatic rings. The van der Waals surface area contributed by atoms with Gasteiger partial charge in [0.25, 0.3) is 0 Å². The van der Waals surface area contributed by atoms with Crippen LogP contribution >= 0.6 is 45.2 Å². The summed E-state index contributed by atoms with van der Waals surface area (Å²) >= 11 is 4.22. The third-order valence-electron chi connectivity index (χ3n) is 5.97. The molecule has 4 nitrogen and oxygen atoms in total. The SMILES string of the molecule is Cc1cc2[nH]c(C)c(I)c(=O)c2cc1C.Cc1cc2c(=O)c(I)c(C)n(C)c2cc1C. The Kier molecular flexibility index (Phi) is 7.00. The fourth-order valence-corrected chi connectivity index (χ4v) is 4.60. The van der Waals surface area contributed by atoms with Crippen LogP contribution in [0.1, 0.15) is 33.6 Å². The Labute approximate surface area is 209 Å². The lowest BCUT2D eigenvalue weighted by molar-refractivity contribution is 0.888. The van der Waals surface area contributed by atoms with E-state index in [1.54, 1.807) is 0 Å². The minimum Gasteiger partial charge on any atom is -0.358 e. The molecule has 4 rings (SSSR count). The first-order chi connectivity index (χ1) is 14.4. The standard InChI is InChI=1S/C13H14INO.C12H12INO/c1-7-5-10-11(6-8(7)2)15(4)9(3)12(14)13(10)16;1-6-4-9-10(5-7(6)2)14-8(3)11(13)12(9)15/h5-6H,1-4H3;4-5H,1-3H3,(H,14,15). The van der Waals surface area contributed by atoms with Crippen LogP contribution in [-0.4, -0.2) is 9.55 Å². The van der Waals surface area contributed by atoms with Crippen LogP contribution in [0.25, 0.3) is 21.8 Å². The molecule has 0 aliphatic rings. The zero-order valence-corrected chi connectivity index (χ0v) is 23.1. The van der Waals surface area contributed by atoms with Crippen LogP contribution in [0.4, 0.5) is 0 Å². The first-order valence-corrected chi connectivity index (χ1v) is 12.1. The summed E-state index contributed by atoms with van der Waals surface area (Å²) in [5.74, 6) is 0. The van der Waals surface area contributed by atoms with E-state index in [-0.39, 0.29) is 10.9 Å². The summed E-state index contributed by atoms with van der Waals surface area (Å²) in [6.07, 6.45) is 0. The quantitative estimate of drug-likeness (QED) is 0.236. The fraction of sp³-hybridized carbons (Fsp3) is 0.280. The van der Waals surface area contributed by atoms with Gasteiger partial charge < -0.3 is 9.55 Å². The predicted molar refractivity (Wildman–Crippen MR) is 148 cm³/mol. The molecule has 0 bridgehead atoms. The lowest BCUT2D eigenvalue weighted by atomic mass is 10.1. The number of hydrogen-bond acceptors (Lipinski definition) is 2. The van der Waals surface area contributed by atoms with Gasteiger partial charge in [-0.05, 0) is 133 Å². The van der Waals surface area contributed by atoms with Gasteiger partial charge in [-0.15, -0.1) is 0 Å². The molecule has 0 spiro atoms. The number of nitrogens with one attached hydrogen (secondary N) is 1. The Morgan fingerprint density at radius 1 is 0.710 bits per heavy atom. The van der Waals surface area contributed by atoms with E-state index in [2.05, 4.69) is 74.6 Å². The summed E-state index contributed by atoms with van der Waals surface area (Å²) in [4.78, 5) is 27.4. The normalized spacial score (nSPS) is 11.0. The lowest BCUT2D eigenvalue weighted by Crippen LogP contribution is -2.15. The van der Waals surface area contributed by atoms with Gasteiger partial charge in [-0.25, -0.2) is 0 Å². The Morgan fingerprint density at radius 2 is 1.19 bits per heavy atom. The number of nitrogens with zero attached hydrogens (tertiary/aromatic N) is 1. The number of hydrogen-bond donors (Lipinski definition) is 1. The van der Waals surface area contributed by atoms with Crippen LogP contribution in [0, 0.1) is 48.7 Å². The van der Waals surface area contributed by atoms with Crippen LogP contribution in [0.15, 0.2) is 33.9 Å². The Morgan fingerprint density at radius 3 is 1.81 bits per heavy atom. The molecule has 0 atom stereocenters. The van der Waals surface area contributed by atoms with Crippen molar-refractivity contribution in [3.63, 3.8) is 0 Å². The van der Waals surface area contributed by atoms with E-state index in [4.69, 9.17) is 0 Å². The second-order valence-corrected chi connectivity index (χ2v) is 10.3. The van der Waals surface area contributed by atoms with E-state index in [1.165, 1.54) is 16.7 Å². The van der Waals surface area contributed by atoms with Crippen molar-refractivity contribution in [3.05, 3.63) is 85.5 Å². The van der Waals surface area contributed by atoms with Crippen molar-refractivity contribution in [2.75, 3.05) is 0 Å². The van der Waals surface area contributed by atoms with Crippen LogP contribution < -0.4 is 10.9 Å². The summed E-state index contributed by atoms with van der Waals surface area (Å²) in [5.41, 5.74) is 8.96. The smallest absolute Gasteiger partial charge is 0.202 e. The van der Waals surface area contributed by atoms with E-state index < -0.39 is 0 Å². The average Bonchev–Trinajstić information content (AvgIpc) is 2.73. The zero-order valence-electron chi connectivity index (χ0n) is 18.8. The number of fused-ring (bicyclic) bond motifs is 2. The van der Waals surface area contributed by atoms with Crippen LogP contribution in [0.3, 0.4) is 0 Å². The van der Waals surface area contributed by atoms with Gasteiger partial charge in [0, 0.05) is 34.7 Å². The first kappa shape index (κ1) is 24.0. The van der Waals surface area contributed by atoms with Gasteiger partial charge in [-0.3, -0.25) is 9.59 Å². The number of H-pyrrole nitrogens is 1. The van der Waals surface area contributed by atoms with Crippen molar-refractivity contribution in [3.8, 4) is 0 Å². The molecule has 2 heterocycles. The highest BCUT2D eigenvalue weighted by atomic mass is 127. The average molecular weight is 640 g/mol. The van der Waals surface area contributed by atoms with Gasteiger partial charge in [0.2, 0.25) is 10.9 Å². The fourth-order valence-electron chi connectivity index (χ4n) is 3.52. The number of aromatic nitrogens is 2. The van der Waals surface area contributed by atoms with Gasteiger partial charge in [-0.1, -0.05) is 0 Å².